The highest BCUT2D eigenvalue weighted by molar-refractivity contribution is 5.02. The lowest BCUT2D eigenvalue weighted by atomic mass is 9.47. The van der Waals surface area contributed by atoms with E-state index in [4.69, 9.17) is 0 Å². The fourth-order valence-corrected chi connectivity index (χ4v) is 5.15. The second-order valence-electron chi connectivity index (χ2n) is 7.82. The van der Waals surface area contributed by atoms with E-state index in [2.05, 4.69) is 13.8 Å². The molecule has 0 heterocycles. The van der Waals surface area contributed by atoms with Crippen molar-refractivity contribution in [2.24, 2.45) is 29.1 Å². The van der Waals surface area contributed by atoms with Crippen LogP contribution in [0.3, 0.4) is 0 Å². The molecule has 0 saturated heterocycles. The van der Waals surface area contributed by atoms with Crippen LogP contribution < -0.4 is 0 Å². The van der Waals surface area contributed by atoms with E-state index >= 15 is 0 Å². The molecule has 3 saturated carbocycles. The molecule has 0 nitrogen and oxygen atoms in total. The Labute approximate surface area is 108 Å². The largest absolute Gasteiger partial charge is 0.0651 e. The van der Waals surface area contributed by atoms with Gasteiger partial charge in [0, 0.05) is 0 Å². The van der Waals surface area contributed by atoms with Crippen molar-refractivity contribution in [1.82, 2.24) is 0 Å². The minimum atomic E-state index is 0.882. The third-order valence-corrected chi connectivity index (χ3v) is 6.27. The van der Waals surface area contributed by atoms with Crippen molar-refractivity contribution in [2.75, 3.05) is 0 Å². The van der Waals surface area contributed by atoms with Gasteiger partial charge in [-0.25, -0.2) is 0 Å². The Morgan fingerprint density at radius 3 is 2.00 bits per heavy atom. The van der Waals surface area contributed by atoms with Crippen LogP contribution in [-0.4, -0.2) is 0 Å². The summed E-state index contributed by atoms with van der Waals surface area (Å²) in [5, 5.41) is 0. The fraction of sp³-hybridized carbons (Fsp3) is 1.00. The molecule has 0 aromatic heterocycles. The van der Waals surface area contributed by atoms with E-state index in [1.807, 2.05) is 0 Å². The SMILES string of the molecule is CCC1CC2(C1)CC(CC1CCC(C)CC1)C2. The number of rotatable bonds is 3. The summed E-state index contributed by atoms with van der Waals surface area (Å²) < 4.78 is 0. The van der Waals surface area contributed by atoms with Crippen molar-refractivity contribution in [1.29, 1.82) is 0 Å². The lowest BCUT2D eigenvalue weighted by Crippen LogP contribution is -2.47. The fourth-order valence-electron chi connectivity index (χ4n) is 5.15. The summed E-state index contributed by atoms with van der Waals surface area (Å²) in [4.78, 5) is 0. The predicted octanol–water partition coefficient (Wildman–Crippen LogP) is 5.42. The first-order valence-corrected chi connectivity index (χ1v) is 8.19. The van der Waals surface area contributed by atoms with Gasteiger partial charge in [-0.1, -0.05) is 46.0 Å². The molecule has 1 spiro atoms. The van der Waals surface area contributed by atoms with Gasteiger partial charge in [0.15, 0.2) is 0 Å². The Balaban J connectivity index is 1.36. The van der Waals surface area contributed by atoms with E-state index in [1.165, 1.54) is 19.3 Å². The summed E-state index contributed by atoms with van der Waals surface area (Å²) in [6.07, 6.45) is 15.5. The molecular formula is C17H30. The maximum Gasteiger partial charge on any atom is -0.0287 e. The van der Waals surface area contributed by atoms with Crippen LogP contribution in [0.5, 0.6) is 0 Å². The van der Waals surface area contributed by atoms with Crippen LogP contribution in [0.4, 0.5) is 0 Å². The summed E-state index contributed by atoms with van der Waals surface area (Å²) in [7, 11) is 0. The van der Waals surface area contributed by atoms with E-state index in [-0.39, 0.29) is 0 Å². The van der Waals surface area contributed by atoms with Gasteiger partial charge < -0.3 is 0 Å². The summed E-state index contributed by atoms with van der Waals surface area (Å²) >= 11 is 0. The maximum absolute atomic E-state index is 2.44. The van der Waals surface area contributed by atoms with Crippen LogP contribution in [0.1, 0.15) is 78.1 Å². The quantitative estimate of drug-likeness (QED) is 0.611. The Hall–Kier alpha value is 0. The van der Waals surface area contributed by atoms with Crippen LogP contribution in [0.15, 0.2) is 0 Å². The van der Waals surface area contributed by atoms with Crippen molar-refractivity contribution in [3.05, 3.63) is 0 Å². The molecule has 0 bridgehead atoms. The summed E-state index contributed by atoms with van der Waals surface area (Å²) in [5.74, 6) is 4.37. The molecule has 3 aliphatic carbocycles. The first kappa shape index (κ1) is 12.1. The molecule has 17 heavy (non-hydrogen) atoms. The van der Waals surface area contributed by atoms with Gasteiger partial charge in [-0.3, -0.25) is 0 Å². The van der Waals surface area contributed by atoms with Crippen molar-refractivity contribution in [2.45, 2.75) is 78.1 Å². The Kier molecular flexibility index (Phi) is 3.26. The zero-order valence-electron chi connectivity index (χ0n) is 11.9. The lowest BCUT2D eigenvalue weighted by Gasteiger charge is -2.58. The van der Waals surface area contributed by atoms with Crippen LogP contribution in [0, 0.1) is 29.1 Å². The first-order chi connectivity index (χ1) is 8.19. The van der Waals surface area contributed by atoms with Gasteiger partial charge in [0.1, 0.15) is 0 Å². The van der Waals surface area contributed by atoms with Crippen molar-refractivity contribution >= 4 is 0 Å². The van der Waals surface area contributed by atoms with E-state index in [0.29, 0.717) is 0 Å². The molecule has 3 fully saturated rings. The average molecular weight is 234 g/mol. The molecule has 0 aliphatic heterocycles. The van der Waals surface area contributed by atoms with Gasteiger partial charge in [-0.05, 0) is 61.2 Å². The highest BCUT2D eigenvalue weighted by Crippen LogP contribution is 2.63. The third kappa shape index (κ3) is 2.42. The molecule has 0 unspecified atom stereocenters. The smallest absolute Gasteiger partial charge is 0.0287 e. The summed E-state index contributed by atoms with van der Waals surface area (Å²) in [5.41, 5.74) is 0.882. The molecule has 0 N–H and O–H groups in total. The van der Waals surface area contributed by atoms with Crippen LogP contribution in [-0.2, 0) is 0 Å². The highest BCUT2D eigenvalue weighted by Gasteiger charge is 2.51. The monoisotopic (exact) mass is 234 g/mol. The standard InChI is InChI=1S/C17H30/c1-3-14-9-17(10-14)11-16(12-17)8-15-6-4-13(2)5-7-15/h13-16H,3-12H2,1-2H3. The summed E-state index contributed by atoms with van der Waals surface area (Å²) in [6.45, 7) is 4.81. The molecule has 3 rings (SSSR count). The van der Waals surface area contributed by atoms with E-state index < -0.39 is 0 Å². The van der Waals surface area contributed by atoms with Gasteiger partial charge in [0.25, 0.3) is 0 Å². The molecule has 98 valence electrons. The minimum absolute atomic E-state index is 0.882. The highest BCUT2D eigenvalue weighted by atomic mass is 14.6. The van der Waals surface area contributed by atoms with Gasteiger partial charge in [0.05, 0.1) is 0 Å². The molecule has 3 aliphatic rings. The Bertz CT molecular complexity index is 245. The van der Waals surface area contributed by atoms with Crippen LogP contribution in [0.2, 0.25) is 0 Å². The minimum Gasteiger partial charge on any atom is -0.0651 e. The molecule has 0 aromatic carbocycles. The van der Waals surface area contributed by atoms with Crippen molar-refractivity contribution in [3.63, 3.8) is 0 Å². The number of hydrogen-bond acceptors (Lipinski definition) is 0. The molecule has 0 heteroatoms. The molecule has 0 aromatic rings. The Morgan fingerprint density at radius 2 is 1.41 bits per heavy atom. The second kappa shape index (κ2) is 4.59. The van der Waals surface area contributed by atoms with Gasteiger partial charge in [-0.15, -0.1) is 0 Å². The zero-order valence-corrected chi connectivity index (χ0v) is 11.9. The van der Waals surface area contributed by atoms with E-state index in [9.17, 15) is 0 Å². The van der Waals surface area contributed by atoms with Gasteiger partial charge >= 0.3 is 0 Å². The normalized spacial score (nSPS) is 49.8. The van der Waals surface area contributed by atoms with Crippen molar-refractivity contribution < 1.29 is 0 Å². The van der Waals surface area contributed by atoms with Gasteiger partial charge in [0.2, 0.25) is 0 Å². The third-order valence-electron chi connectivity index (χ3n) is 6.27. The topological polar surface area (TPSA) is 0 Å². The lowest BCUT2D eigenvalue weighted by molar-refractivity contribution is -0.0771. The van der Waals surface area contributed by atoms with Gasteiger partial charge in [-0.2, -0.15) is 0 Å². The average Bonchev–Trinajstić information content (AvgIpc) is 2.22. The van der Waals surface area contributed by atoms with E-state index in [1.54, 1.807) is 44.9 Å². The molecule has 0 atom stereocenters. The predicted molar refractivity (Wildman–Crippen MR) is 73.9 cm³/mol. The van der Waals surface area contributed by atoms with Crippen LogP contribution >= 0.6 is 0 Å². The summed E-state index contributed by atoms with van der Waals surface area (Å²) in [6, 6.07) is 0. The van der Waals surface area contributed by atoms with Crippen LogP contribution in [0.25, 0.3) is 0 Å². The maximum atomic E-state index is 2.44. The Morgan fingerprint density at radius 1 is 0.824 bits per heavy atom. The second-order valence-corrected chi connectivity index (χ2v) is 7.82. The first-order valence-electron chi connectivity index (χ1n) is 8.19. The molecular weight excluding hydrogens is 204 g/mol. The number of hydrogen-bond donors (Lipinski definition) is 0. The van der Waals surface area contributed by atoms with E-state index in [0.717, 1.165) is 29.1 Å². The molecule has 0 radical (unpaired) electrons. The zero-order chi connectivity index (χ0) is 11.9. The molecule has 0 amide bonds. The van der Waals surface area contributed by atoms with Crippen molar-refractivity contribution in [3.8, 4) is 0 Å².